The molecule has 0 saturated heterocycles. The van der Waals surface area contributed by atoms with Crippen LogP contribution in [0.15, 0.2) is 17.0 Å². The van der Waals surface area contributed by atoms with Gasteiger partial charge in [0, 0.05) is 0 Å². The first-order chi connectivity index (χ1) is 7.38. The molecule has 1 aromatic carbocycles. The van der Waals surface area contributed by atoms with E-state index >= 15 is 0 Å². The first-order valence-electron chi connectivity index (χ1n) is 4.83. The van der Waals surface area contributed by atoms with Gasteiger partial charge in [-0.2, -0.15) is 9.98 Å². The molecule has 0 amide bonds. The van der Waals surface area contributed by atoms with E-state index < -0.39 is 10.0 Å². The van der Waals surface area contributed by atoms with E-state index in [-0.39, 0.29) is 11.4 Å². The maximum Gasteiger partial charge on any atom is 0.242 e. The molecular formula is C11H14N2O2S. The third kappa shape index (κ3) is 2.60. The molecule has 0 bridgehead atoms. The molecule has 0 aliphatic heterocycles. The average molecular weight is 238 g/mol. The summed E-state index contributed by atoms with van der Waals surface area (Å²) in [6.07, 6.45) is 0. The minimum Gasteiger partial charge on any atom is -0.207 e. The summed E-state index contributed by atoms with van der Waals surface area (Å²) in [6, 6.07) is 5.38. The number of benzene rings is 1. The Bertz CT molecular complexity index is 519. The van der Waals surface area contributed by atoms with Gasteiger partial charge in [0.05, 0.1) is 17.5 Å². The third-order valence-electron chi connectivity index (χ3n) is 2.21. The average Bonchev–Trinajstić information content (AvgIpc) is 2.12. The summed E-state index contributed by atoms with van der Waals surface area (Å²) in [7, 11) is -3.57. The zero-order chi connectivity index (χ0) is 12.3. The van der Waals surface area contributed by atoms with Gasteiger partial charge >= 0.3 is 0 Å². The van der Waals surface area contributed by atoms with Gasteiger partial charge in [-0.15, -0.1) is 0 Å². The number of nitrogens with one attached hydrogen (secondary N) is 1. The van der Waals surface area contributed by atoms with E-state index in [1.165, 1.54) is 0 Å². The summed E-state index contributed by atoms with van der Waals surface area (Å²) in [4.78, 5) is 0.272. The van der Waals surface area contributed by atoms with E-state index in [0.29, 0.717) is 11.1 Å². The fourth-order valence-electron chi connectivity index (χ4n) is 1.79. The molecule has 0 saturated carbocycles. The van der Waals surface area contributed by atoms with Crippen molar-refractivity contribution in [2.45, 2.75) is 25.7 Å². The number of sulfonamides is 1. The van der Waals surface area contributed by atoms with Crippen LogP contribution in [0.3, 0.4) is 0 Å². The van der Waals surface area contributed by atoms with Crippen molar-refractivity contribution in [3.8, 4) is 6.07 Å². The zero-order valence-corrected chi connectivity index (χ0v) is 10.4. The molecule has 0 fully saturated rings. The van der Waals surface area contributed by atoms with Gasteiger partial charge in [-0.05, 0) is 31.9 Å². The summed E-state index contributed by atoms with van der Waals surface area (Å²) in [5.41, 5.74) is 2.42. The summed E-state index contributed by atoms with van der Waals surface area (Å²) in [5, 5.41) is 8.38. The number of hydrogen-bond donors (Lipinski definition) is 1. The second-order valence-electron chi connectivity index (χ2n) is 3.71. The topological polar surface area (TPSA) is 70.0 Å². The lowest BCUT2D eigenvalue weighted by molar-refractivity contribution is 0.584. The Morgan fingerprint density at radius 2 is 1.75 bits per heavy atom. The second kappa shape index (κ2) is 4.64. The van der Waals surface area contributed by atoms with Gasteiger partial charge in [0.15, 0.2) is 0 Å². The normalized spacial score (nSPS) is 11.1. The van der Waals surface area contributed by atoms with Crippen LogP contribution in [0.2, 0.25) is 0 Å². The zero-order valence-electron chi connectivity index (χ0n) is 9.53. The van der Waals surface area contributed by atoms with E-state index in [1.807, 2.05) is 19.1 Å². The molecule has 5 heteroatoms. The molecule has 0 atom stereocenters. The maximum absolute atomic E-state index is 11.9. The molecule has 0 aliphatic carbocycles. The van der Waals surface area contributed by atoms with Gasteiger partial charge in [0.1, 0.15) is 0 Å². The lowest BCUT2D eigenvalue weighted by atomic mass is 10.1. The Kier molecular flexibility index (Phi) is 3.68. The molecule has 0 radical (unpaired) electrons. The molecule has 1 aromatic rings. The Balaban J connectivity index is 3.29. The molecule has 0 unspecified atom stereocenters. The number of aryl methyl sites for hydroxylation is 3. The first-order valence-corrected chi connectivity index (χ1v) is 6.31. The Morgan fingerprint density at radius 3 is 2.19 bits per heavy atom. The van der Waals surface area contributed by atoms with Crippen molar-refractivity contribution in [3.63, 3.8) is 0 Å². The van der Waals surface area contributed by atoms with E-state index in [0.717, 1.165) is 5.56 Å². The van der Waals surface area contributed by atoms with E-state index in [4.69, 9.17) is 5.26 Å². The molecule has 16 heavy (non-hydrogen) atoms. The molecule has 1 N–H and O–H groups in total. The minimum absolute atomic E-state index is 0.213. The van der Waals surface area contributed by atoms with Crippen LogP contribution in [0.4, 0.5) is 0 Å². The highest BCUT2D eigenvalue weighted by Gasteiger charge is 2.18. The predicted octanol–water partition coefficient (Wildman–Crippen LogP) is 1.41. The van der Waals surface area contributed by atoms with Gasteiger partial charge in [0.2, 0.25) is 10.0 Å². The maximum atomic E-state index is 11.9. The van der Waals surface area contributed by atoms with Gasteiger partial charge in [-0.1, -0.05) is 17.7 Å². The van der Waals surface area contributed by atoms with E-state index in [9.17, 15) is 8.42 Å². The van der Waals surface area contributed by atoms with Crippen molar-refractivity contribution >= 4 is 10.0 Å². The second-order valence-corrected chi connectivity index (χ2v) is 5.41. The standard InChI is InChI=1S/C11H14N2O2S/c1-8-6-9(2)11(10(3)7-8)16(14,15)13-5-4-12/h6-7,13H,5H2,1-3H3. The number of nitriles is 1. The first kappa shape index (κ1) is 12.7. The van der Waals surface area contributed by atoms with Crippen LogP contribution in [-0.2, 0) is 10.0 Å². The van der Waals surface area contributed by atoms with Crippen molar-refractivity contribution < 1.29 is 8.42 Å². The van der Waals surface area contributed by atoms with Crippen LogP contribution < -0.4 is 4.72 Å². The third-order valence-corrected chi connectivity index (χ3v) is 3.92. The van der Waals surface area contributed by atoms with Crippen LogP contribution in [0.1, 0.15) is 16.7 Å². The monoisotopic (exact) mass is 238 g/mol. The molecule has 0 heterocycles. The van der Waals surface area contributed by atoms with Crippen LogP contribution in [0.25, 0.3) is 0 Å². The lowest BCUT2D eigenvalue weighted by Crippen LogP contribution is -2.25. The highest BCUT2D eigenvalue weighted by atomic mass is 32.2. The van der Waals surface area contributed by atoms with Gasteiger partial charge in [-0.25, -0.2) is 8.42 Å². The quantitative estimate of drug-likeness (QED) is 0.809. The van der Waals surface area contributed by atoms with Crippen molar-refractivity contribution in [2.75, 3.05) is 6.54 Å². The minimum atomic E-state index is -3.57. The van der Waals surface area contributed by atoms with Gasteiger partial charge in [-0.3, -0.25) is 0 Å². The molecule has 0 aromatic heterocycles. The van der Waals surface area contributed by atoms with Crippen molar-refractivity contribution in [1.82, 2.24) is 4.72 Å². The molecule has 86 valence electrons. The Hall–Kier alpha value is -1.38. The Labute approximate surface area is 96.0 Å². The van der Waals surface area contributed by atoms with E-state index in [2.05, 4.69) is 4.72 Å². The predicted molar refractivity (Wildman–Crippen MR) is 61.5 cm³/mol. The fraction of sp³-hybridized carbons (Fsp3) is 0.364. The summed E-state index contributed by atoms with van der Waals surface area (Å²) >= 11 is 0. The van der Waals surface area contributed by atoms with E-state index in [1.54, 1.807) is 19.9 Å². The Morgan fingerprint density at radius 1 is 1.25 bits per heavy atom. The molecule has 0 spiro atoms. The highest BCUT2D eigenvalue weighted by Crippen LogP contribution is 2.21. The SMILES string of the molecule is Cc1cc(C)c(S(=O)(=O)NCC#N)c(C)c1. The van der Waals surface area contributed by atoms with Crippen molar-refractivity contribution in [2.24, 2.45) is 0 Å². The molecular weight excluding hydrogens is 224 g/mol. The van der Waals surface area contributed by atoms with Crippen LogP contribution >= 0.6 is 0 Å². The molecule has 1 rings (SSSR count). The van der Waals surface area contributed by atoms with Crippen LogP contribution in [-0.4, -0.2) is 15.0 Å². The fourth-order valence-corrected chi connectivity index (χ4v) is 3.15. The summed E-state index contributed by atoms with van der Waals surface area (Å²) < 4.78 is 26.0. The summed E-state index contributed by atoms with van der Waals surface area (Å²) in [6.45, 7) is 5.20. The highest BCUT2D eigenvalue weighted by molar-refractivity contribution is 7.89. The number of rotatable bonds is 3. The van der Waals surface area contributed by atoms with Gasteiger partial charge < -0.3 is 0 Å². The van der Waals surface area contributed by atoms with Gasteiger partial charge in [0.25, 0.3) is 0 Å². The number of hydrogen-bond acceptors (Lipinski definition) is 3. The molecule has 0 aliphatic rings. The number of nitrogens with zero attached hydrogens (tertiary/aromatic N) is 1. The smallest absolute Gasteiger partial charge is 0.207 e. The van der Waals surface area contributed by atoms with Crippen LogP contribution in [0, 0.1) is 32.1 Å². The van der Waals surface area contributed by atoms with Crippen LogP contribution in [0.5, 0.6) is 0 Å². The van der Waals surface area contributed by atoms with Crippen molar-refractivity contribution in [1.29, 1.82) is 5.26 Å². The summed E-state index contributed by atoms with van der Waals surface area (Å²) in [5.74, 6) is 0. The largest absolute Gasteiger partial charge is 0.242 e. The van der Waals surface area contributed by atoms with Crippen molar-refractivity contribution in [3.05, 3.63) is 28.8 Å². The molecule has 4 nitrogen and oxygen atoms in total. The lowest BCUT2D eigenvalue weighted by Gasteiger charge is -2.11.